The Kier molecular flexibility index (Phi) is 3.77. The summed E-state index contributed by atoms with van der Waals surface area (Å²) in [7, 11) is 0. The normalized spacial score (nSPS) is 10.8. The van der Waals surface area contributed by atoms with Gasteiger partial charge in [-0.1, -0.05) is 18.2 Å². The van der Waals surface area contributed by atoms with Gasteiger partial charge in [-0.25, -0.2) is 19.6 Å². The molecule has 0 saturated carbocycles. The van der Waals surface area contributed by atoms with Crippen LogP contribution in [0.2, 0.25) is 0 Å². The summed E-state index contributed by atoms with van der Waals surface area (Å²) in [4.78, 5) is 37.7. The highest BCUT2D eigenvalue weighted by atomic mass is 16.2. The van der Waals surface area contributed by atoms with Crippen LogP contribution in [0.3, 0.4) is 0 Å². The highest BCUT2D eigenvalue weighted by Gasteiger charge is 2.19. The number of amides is 1. The van der Waals surface area contributed by atoms with Gasteiger partial charge in [0.1, 0.15) is 5.69 Å². The Morgan fingerprint density at radius 3 is 2.50 bits per heavy atom. The number of benzene rings is 1. The van der Waals surface area contributed by atoms with Crippen molar-refractivity contribution in [2.45, 2.75) is 6.92 Å². The van der Waals surface area contributed by atoms with E-state index in [0.717, 1.165) is 0 Å². The summed E-state index contributed by atoms with van der Waals surface area (Å²) in [5, 5.41) is 2.64. The molecule has 3 heterocycles. The average Bonchev–Trinajstić information content (AvgIpc) is 3.03. The molecule has 4 rings (SSSR count). The molecule has 0 radical (unpaired) electrons. The molecular formula is C18H14N6O2. The fourth-order valence-electron chi connectivity index (χ4n) is 2.71. The van der Waals surface area contributed by atoms with Crippen LogP contribution in [0.25, 0.3) is 11.3 Å². The van der Waals surface area contributed by atoms with Crippen LogP contribution in [0.1, 0.15) is 16.2 Å². The lowest BCUT2D eigenvalue weighted by molar-refractivity contribution is 0.101. The predicted molar refractivity (Wildman–Crippen MR) is 95.5 cm³/mol. The summed E-state index contributed by atoms with van der Waals surface area (Å²) in [5.74, 6) is -0.263. The van der Waals surface area contributed by atoms with Crippen molar-refractivity contribution in [3.05, 3.63) is 82.7 Å². The summed E-state index contributed by atoms with van der Waals surface area (Å²) in [5.41, 5.74) is 1.61. The number of nitrogens with one attached hydrogen (secondary N) is 1. The van der Waals surface area contributed by atoms with Gasteiger partial charge in [-0.05, 0) is 25.1 Å². The van der Waals surface area contributed by atoms with Gasteiger partial charge in [0.15, 0.2) is 5.65 Å². The Hall–Kier alpha value is -3.81. The monoisotopic (exact) mass is 346 g/mol. The van der Waals surface area contributed by atoms with Crippen molar-refractivity contribution in [3.8, 4) is 5.69 Å². The van der Waals surface area contributed by atoms with E-state index in [0.29, 0.717) is 17.0 Å². The van der Waals surface area contributed by atoms with Gasteiger partial charge in [0.05, 0.1) is 5.69 Å². The molecule has 4 aromatic rings. The highest BCUT2D eigenvalue weighted by molar-refractivity contribution is 6.03. The molecule has 3 aromatic heterocycles. The van der Waals surface area contributed by atoms with Crippen molar-refractivity contribution in [1.29, 1.82) is 0 Å². The molecule has 0 aliphatic heterocycles. The quantitative estimate of drug-likeness (QED) is 0.611. The number of nitrogens with zero attached hydrogens (tertiary/aromatic N) is 5. The zero-order valence-electron chi connectivity index (χ0n) is 13.8. The molecule has 0 unspecified atom stereocenters. The number of rotatable bonds is 3. The molecule has 0 aliphatic rings. The Morgan fingerprint density at radius 2 is 1.77 bits per heavy atom. The van der Waals surface area contributed by atoms with Crippen LogP contribution < -0.4 is 10.9 Å². The van der Waals surface area contributed by atoms with E-state index < -0.39 is 5.91 Å². The van der Waals surface area contributed by atoms with Crippen LogP contribution >= 0.6 is 0 Å². The van der Waals surface area contributed by atoms with E-state index in [1.165, 1.54) is 27.7 Å². The van der Waals surface area contributed by atoms with Crippen molar-refractivity contribution < 1.29 is 4.79 Å². The first-order valence-corrected chi connectivity index (χ1v) is 7.90. The number of anilines is 1. The Labute approximate surface area is 147 Å². The number of carbonyl (C=O) groups is 1. The van der Waals surface area contributed by atoms with E-state index in [2.05, 4.69) is 20.3 Å². The number of aryl methyl sites for hydroxylation is 1. The predicted octanol–water partition coefficient (Wildman–Crippen LogP) is 1.84. The van der Waals surface area contributed by atoms with Crippen molar-refractivity contribution >= 4 is 17.5 Å². The van der Waals surface area contributed by atoms with Crippen molar-refractivity contribution in [2.24, 2.45) is 0 Å². The van der Waals surface area contributed by atoms with Gasteiger partial charge in [-0.15, -0.1) is 0 Å². The molecule has 1 amide bonds. The minimum Gasteiger partial charge on any atom is -0.289 e. The minimum atomic E-state index is -0.442. The van der Waals surface area contributed by atoms with Gasteiger partial charge in [-0.3, -0.25) is 14.9 Å². The maximum Gasteiger partial charge on any atom is 0.276 e. The first-order chi connectivity index (χ1) is 12.6. The largest absolute Gasteiger partial charge is 0.289 e. The standard InChI is InChI=1S/C18H14N6O2/c1-12-10-16(25)24-15(21-12)11-14(23(24)13-6-3-2-4-7-13)17(26)22-18-19-8-5-9-20-18/h2-11H,1H3,(H,19,20,22,26). The molecule has 0 aliphatic carbocycles. The molecule has 0 bridgehead atoms. The van der Waals surface area contributed by atoms with Crippen LogP contribution in [0, 0.1) is 6.92 Å². The highest BCUT2D eigenvalue weighted by Crippen LogP contribution is 2.16. The van der Waals surface area contributed by atoms with Gasteiger partial charge in [0.2, 0.25) is 5.95 Å². The number of hydrogen-bond acceptors (Lipinski definition) is 5. The first kappa shape index (κ1) is 15.7. The van der Waals surface area contributed by atoms with E-state index in [1.54, 1.807) is 19.1 Å². The van der Waals surface area contributed by atoms with Crippen LogP contribution in [-0.4, -0.2) is 30.1 Å². The van der Waals surface area contributed by atoms with Crippen molar-refractivity contribution in [2.75, 3.05) is 5.32 Å². The fraction of sp³-hybridized carbons (Fsp3) is 0.0556. The number of para-hydroxylation sites is 1. The Balaban J connectivity index is 1.92. The van der Waals surface area contributed by atoms with E-state index in [-0.39, 0.29) is 17.2 Å². The van der Waals surface area contributed by atoms with Gasteiger partial charge in [-0.2, -0.15) is 4.52 Å². The van der Waals surface area contributed by atoms with Crippen LogP contribution in [0.15, 0.2) is 65.7 Å². The lowest BCUT2D eigenvalue weighted by Gasteiger charge is -2.10. The second-order valence-electron chi connectivity index (χ2n) is 5.61. The number of aromatic nitrogens is 5. The van der Waals surface area contributed by atoms with Gasteiger partial charge in [0, 0.05) is 30.2 Å². The maximum absolute atomic E-state index is 12.8. The molecular weight excluding hydrogens is 332 g/mol. The molecule has 26 heavy (non-hydrogen) atoms. The zero-order chi connectivity index (χ0) is 18.1. The number of carbonyl (C=O) groups excluding carboxylic acids is 1. The van der Waals surface area contributed by atoms with Gasteiger partial charge >= 0.3 is 0 Å². The summed E-state index contributed by atoms with van der Waals surface area (Å²) < 4.78 is 2.89. The third-order valence-corrected chi connectivity index (χ3v) is 3.77. The van der Waals surface area contributed by atoms with Gasteiger partial charge in [0.25, 0.3) is 11.5 Å². The number of fused-ring (bicyclic) bond motifs is 1. The average molecular weight is 346 g/mol. The van der Waals surface area contributed by atoms with Crippen LogP contribution in [0.4, 0.5) is 5.95 Å². The third-order valence-electron chi connectivity index (χ3n) is 3.77. The van der Waals surface area contributed by atoms with Crippen LogP contribution in [-0.2, 0) is 0 Å². The lowest BCUT2D eigenvalue weighted by Crippen LogP contribution is -2.24. The molecule has 1 aromatic carbocycles. The Morgan fingerprint density at radius 1 is 1.04 bits per heavy atom. The fourth-order valence-corrected chi connectivity index (χ4v) is 2.71. The molecule has 8 nitrogen and oxygen atoms in total. The number of hydrogen-bond donors (Lipinski definition) is 1. The van der Waals surface area contributed by atoms with Crippen molar-refractivity contribution in [1.82, 2.24) is 24.1 Å². The summed E-state index contributed by atoms with van der Waals surface area (Å²) in [6.07, 6.45) is 3.07. The van der Waals surface area contributed by atoms with Crippen molar-refractivity contribution in [3.63, 3.8) is 0 Å². The smallest absolute Gasteiger partial charge is 0.276 e. The molecule has 0 fully saturated rings. The zero-order valence-corrected chi connectivity index (χ0v) is 13.8. The topological polar surface area (TPSA) is 94.2 Å². The van der Waals surface area contributed by atoms with E-state index in [4.69, 9.17) is 0 Å². The molecule has 8 heteroatoms. The van der Waals surface area contributed by atoms with Gasteiger partial charge < -0.3 is 0 Å². The molecule has 1 N–H and O–H groups in total. The van der Waals surface area contributed by atoms with E-state index in [9.17, 15) is 9.59 Å². The lowest BCUT2D eigenvalue weighted by atomic mass is 10.3. The second-order valence-corrected chi connectivity index (χ2v) is 5.61. The second kappa shape index (κ2) is 6.25. The summed E-state index contributed by atoms with van der Waals surface area (Å²) in [6, 6.07) is 13.8. The maximum atomic E-state index is 12.8. The minimum absolute atomic E-state index is 0.179. The third kappa shape index (κ3) is 2.73. The molecule has 0 atom stereocenters. The first-order valence-electron chi connectivity index (χ1n) is 7.90. The summed E-state index contributed by atoms with van der Waals surface area (Å²) in [6.45, 7) is 1.73. The Bertz CT molecular complexity index is 1150. The molecule has 128 valence electrons. The summed E-state index contributed by atoms with van der Waals surface area (Å²) >= 11 is 0. The van der Waals surface area contributed by atoms with Crippen LogP contribution in [0.5, 0.6) is 0 Å². The molecule has 0 spiro atoms. The van der Waals surface area contributed by atoms with E-state index >= 15 is 0 Å². The molecule has 0 saturated heterocycles. The SMILES string of the molecule is Cc1cc(=O)n2c(cc(C(=O)Nc3ncccn3)n2-c2ccccc2)n1. The van der Waals surface area contributed by atoms with E-state index in [1.807, 2.05) is 30.3 Å².